The molecule has 18 rings (SSSR count). The number of hydrogen-bond acceptors (Lipinski definition) is 12. The van der Waals surface area contributed by atoms with E-state index in [1.165, 1.54) is 0 Å². The van der Waals surface area contributed by atoms with Gasteiger partial charge in [0.2, 0.25) is 0 Å². The number of benzene rings is 15. The maximum Gasteiger partial charge on any atom is 0.336 e. The molecule has 3 aliphatic heterocycles. The first kappa shape index (κ1) is 77.5. The zero-order valence-corrected chi connectivity index (χ0v) is 62.9. The van der Waals surface area contributed by atoms with Gasteiger partial charge in [0, 0.05) is 114 Å². The van der Waals surface area contributed by atoms with Crippen molar-refractivity contribution in [2.75, 3.05) is 17.2 Å². The highest BCUT2D eigenvalue weighted by Gasteiger charge is 2.30. The van der Waals surface area contributed by atoms with Gasteiger partial charge in [0.25, 0.3) is 0 Å². The highest BCUT2D eigenvalue weighted by Crippen LogP contribution is 2.50. The zero-order chi connectivity index (χ0) is 76.6. The Morgan fingerprint density at radius 3 is 1.03 bits per heavy atom. The van der Waals surface area contributed by atoms with E-state index < -0.39 is 17.9 Å². The molecule has 0 spiro atoms. The summed E-state index contributed by atoms with van der Waals surface area (Å²) in [5, 5.41) is 59.3. The molecule has 0 fully saturated rings. The number of nitrogens with one attached hydrogen (secondary N) is 3. The minimum absolute atomic E-state index is 0. The lowest BCUT2D eigenvalue weighted by atomic mass is 9.84. The average Bonchev–Trinajstić information content (AvgIpc) is 0.746. The summed E-state index contributed by atoms with van der Waals surface area (Å²) < 4.78 is 18.6. The summed E-state index contributed by atoms with van der Waals surface area (Å²) in [6.07, 6.45) is 0. The maximum atomic E-state index is 12.9. The number of fused-ring (bicyclic) bond motifs is 6. The largest absolute Gasteiger partial charge is 0.478 e. The predicted octanol–water partition coefficient (Wildman–Crippen LogP) is 23.2. The molecule has 12 aromatic carbocycles. The Hall–Kier alpha value is -14.6. The molecule has 0 atom stereocenters. The monoisotopic (exact) mass is 1550 g/mol. The van der Waals surface area contributed by atoms with Gasteiger partial charge in [-0.3, -0.25) is 0 Å². The Morgan fingerprint density at radius 2 is 0.614 bits per heavy atom. The van der Waals surface area contributed by atoms with Gasteiger partial charge in [-0.25, -0.2) is 14.4 Å². The maximum absolute atomic E-state index is 12.9. The van der Waals surface area contributed by atoms with E-state index in [2.05, 4.69) is 0 Å². The molecule has 0 radical (unpaired) electrons. The second-order valence-corrected chi connectivity index (χ2v) is 26.7. The van der Waals surface area contributed by atoms with Crippen molar-refractivity contribution >= 4 is 105 Å². The van der Waals surface area contributed by atoms with Crippen LogP contribution >= 0.6 is 37.2 Å². The number of carboxylic acid groups (broad SMARTS) is 3. The molecule has 0 amide bonds. The number of nitrogens with two attached hydrogens (primary N) is 3. The van der Waals surface area contributed by atoms with Crippen LogP contribution in [0, 0.1) is 16.2 Å². The molecule has 3 heterocycles. The van der Waals surface area contributed by atoms with E-state index in [0.29, 0.717) is 95.0 Å². The molecule has 3 aliphatic carbocycles. The number of carbonyl (C=O) groups is 3. The molecule has 558 valence electrons. The van der Waals surface area contributed by atoms with Crippen molar-refractivity contribution in [2.45, 2.75) is 0 Å². The van der Waals surface area contributed by atoms with E-state index in [4.69, 9.17) is 46.7 Å². The molecule has 6 aliphatic rings. The van der Waals surface area contributed by atoms with Gasteiger partial charge in [0.15, 0.2) is 0 Å². The van der Waals surface area contributed by atoms with Crippen molar-refractivity contribution in [3.8, 4) is 134 Å². The smallest absolute Gasteiger partial charge is 0.336 e. The fraction of sp³-hybridized carbons (Fsp3) is 0. The van der Waals surface area contributed by atoms with E-state index in [0.717, 1.165) is 105 Å². The molecule has 0 saturated carbocycles. The first-order valence-corrected chi connectivity index (χ1v) is 35.5. The van der Waals surface area contributed by atoms with Crippen molar-refractivity contribution in [1.29, 1.82) is 16.2 Å². The van der Waals surface area contributed by atoms with Gasteiger partial charge in [-0.2, -0.15) is 0 Å². The van der Waals surface area contributed by atoms with Gasteiger partial charge in [0.1, 0.15) is 34.0 Å². The zero-order valence-electron chi connectivity index (χ0n) is 60.4. The lowest BCUT2D eigenvalue weighted by molar-refractivity contribution is 0.0687. The summed E-state index contributed by atoms with van der Waals surface area (Å²) in [7, 11) is 0. The van der Waals surface area contributed by atoms with Crippen molar-refractivity contribution in [3.63, 3.8) is 0 Å². The van der Waals surface area contributed by atoms with Gasteiger partial charge < -0.3 is 62.0 Å². The normalized spacial score (nSPS) is 10.8. The molecule has 0 unspecified atom stereocenters. The quantitative estimate of drug-likeness (QED) is 0.0407. The third kappa shape index (κ3) is 15.1. The molecule has 15 nitrogen and oxygen atoms in total. The van der Waals surface area contributed by atoms with Gasteiger partial charge in [-0.05, 0) is 163 Å². The SMILES string of the molecule is Cl.Cl.Cl.N=c1cc2oc3cc(N)c(-c4ccccc4)cc3c(-c3ccccc3C(=O)O)c-2cc1-c1ccccc1.N=c1ccc2c(-c3cc(-c4ccccc4)cc(-c4ccccc4)c3C(=O)O)c3ccc(N)cc3oc-2c1.N=c1ccc2c(-c3cc(-c4ccccc4)cc(-c4ccccc4)c3C(=O)O)c3ccc(N)cc3oc-2c1. The van der Waals surface area contributed by atoms with E-state index in [1.807, 2.05) is 255 Å². The van der Waals surface area contributed by atoms with Crippen LogP contribution in [0.3, 0.4) is 0 Å². The van der Waals surface area contributed by atoms with Gasteiger partial charge >= 0.3 is 17.9 Å². The Kier molecular flexibility index (Phi) is 22.4. The van der Waals surface area contributed by atoms with Crippen molar-refractivity contribution in [1.82, 2.24) is 0 Å². The number of rotatable bonds is 12. The molecule has 0 aromatic heterocycles. The topological polar surface area (TPSA) is 301 Å². The molecule has 12 aromatic rings. The van der Waals surface area contributed by atoms with Gasteiger partial charge in [-0.1, -0.05) is 200 Å². The average molecular weight is 1560 g/mol. The summed E-state index contributed by atoms with van der Waals surface area (Å²) in [6, 6.07) is 102. The van der Waals surface area contributed by atoms with Crippen LogP contribution in [0.25, 0.3) is 167 Å². The number of nitrogen functional groups attached to an aromatic ring is 3. The van der Waals surface area contributed by atoms with E-state index in [1.54, 1.807) is 72.8 Å². The Labute approximate surface area is 671 Å². The lowest BCUT2D eigenvalue weighted by Crippen LogP contribution is -2.07. The summed E-state index contributed by atoms with van der Waals surface area (Å²) in [6.45, 7) is 0. The van der Waals surface area contributed by atoms with E-state index in [9.17, 15) is 29.7 Å². The van der Waals surface area contributed by atoms with Crippen LogP contribution in [0.5, 0.6) is 0 Å². The molecular formula is C96H69Cl3N6O9. The van der Waals surface area contributed by atoms with Crippen LogP contribution in [0.1, 0.15) is 31.1 Å². The van der Waals surface area contributed by atoms with Crippen molar-refractivity contribution < 1.29 is 43.0 Å². The van der Waals surface area contributed by atoms with Crippen LogP contribution < -0.4 is 33.3 Å². The summed E-state index contributed by atoms with van der Waals surface area (Å²) in [5.74, 6) is -1.60. The third-order valence-corrected chi connectivity index (χ3v) is 19.7. The lowest BCUT2D eigenvalue weighted by Gasteiger charge is -2.20. The standard InChI is InChI=1S/3C32H22N2O3.3ClH/c33-27-17-29-25(15-23(27)19-9-3-1-4-10-19)31(21-13-7-8-14-22(21)32(35)36)26-16-24(20-11-5-2-6-12-20)28(34)18-30(26)37-29;2*33-22-11-13-24-28(17-22)37-29-18-23(34)12-14-25(29)30(24)27-16-21(19-7-3-1-4-8-19)15-26(31(27)32(35)36)20-9-5-2-6-10-20;;;/h3*1-18,33H,34H2,(H,35,36);3*1H. The summed E-state index contributed by atoms with van der Waals surface area (Å²) >= 11 is 0. The van der Waals surface area contributed by atoms with Crippen molar-refractivity contribution in [2.24, 2.45) is 0 Å². The Morgan fingerprint density at radius 1 is 0.263 bits per heavy atom. The van der Waals surface area contributed by atoms with Crippen molar-refractivity contribution in [3.05, 3.63) is 360 Å². The number of hydrogen-bond donors (Lipinski definition) is 9. The Bertz CT molecular complexity index is 6510. The number of carboxylic acids is 3. The molecule has 12 N–H and O–H groups in total. The van der Waals surface area contributed by atoms with E-state index >= 15 is 0 Å². The minimum Gasteiger partial charge on any atom is -0.478 e. The fourth-order valence-corrected chi connectivity index (χ4v) is 14.7. The predicted molar refractivity (Wildman–Crippen MR) is 461 cm³/mol. The number of halogens is 3. The molecule has 0 saturated heterocycles. The number of aromatic carboxylic acids is 3. The van der Waals surface area contributed by atoms with Gasteiger partial charge in [0.05, 0.1) is 32.8 Å². The Balaban J connectivity index is 0.000000147. The second-order valence-electron chi connectivity index (χ2n) is 26.7. The molecular weight excluding hydrogens is 1490 g/mol. The van der Waals surface area contributed by atoms with Crippen LogP contribution in [0.2, 0.25) is 0 Å². The van der Waals surface area contributed by atoms with Crippen LogP contribution in [-0.4, -0.2) is 33.2 Å². The summed E-state index contributed by atoms with van der Waals surface area (Å²) in [4.78, 5) is 38.2. The molecule has 114 heavy (non-hydrogen) atoms. The van der Waals surface area contributed by atoms with Crippen LogP contribution in [-0.2, 0) is 0 Å². The third-order valence-electron chi connectivity index (χ3n) is 19.7. The number of anilines is 3. The second kappa shape index (κ2) is 32.9. The molecule has 0 bridgehead atoms. The fourth-order valence-electron chi connectivity index (χ4n) is 14.7. The first-order chi connectivity index (χ1) is 54.0. The highest BCUT2D eigenvalue weighted by molar-refractivity contribution is 6.15. The first-order valence-electron chi connectivity index (χ1n) is 35.5. The van der Waals surface area contributed by atoms with Crippen LogP contribution in [0.15, 0.2) is 341 Å². The van der Waals surface area contributed by atoms with Gasteiger partial charge in [-0.15, -0.1) is 37.2 Å². The highest BCUT2D eigenvalue weighted by atomic mass is 35.5. The summed E-state index contributed by atoms with van der Waals surface area (Å²) in [5.41, 5.74) is 38.5. The van der Waals surface area contributed by atoms with E-state index in [-0.39, 0.29) is 53.9 Å². The minimum atomic E-state index is -1.02. The van der Waals surface area contributed by atoms with Crippen LogP contribution in [0.4, 0.5) is 17.1 Å². The molecule has 18 heteroatoms.